The zero-order valence-electron chi connectivity index (χ0n) is 9.78. The van der Waals surface area contributed by atoms with Crippen molar-refractivity contribution in [3.05, 3.63) is 35.4 Å². The predicted octanol–water partition coefficient (Wildman–Crippen LogP) is 2.19. The second-order valence-corrected chi connectivity index (χ2v) is 4.45. The summed E-state index contributed by atoms with van der Waals surface area (Å²) in [5.74, 6) is -3.48. The summed E-state index contributed by atoms with van der Waals surface area (Å²) in [6, 6.07) is 1.88. The maximum absolute atomic E-state index is 13.2. The van der Waals surface area contributed by atoms with Crippen LogP contribution in [0.15, 0.2) is 12.1 Å². The molecule has 2 aromatic rings. The van der Waals surface area contributed by atoms with Crippen LogP contribution in [0.4, 0.5) is 13.2 Å². The van der Waals surface area contributed by atoms with Crippen LogP contribution >= 0.6 is 0 Å². The standard InChI is InChI=1S/C12H10F3N3O/c13-8-3-6(4-9(14)11(8)15)12-17-16-10(5-19)18(12)7-1-2-7/h3-4,7,19H,1-2,5H2. The average Bonchev–Trinajstić information content (AvgIpc) is 3.14. The van der Waals surface area contributed by atoms with Crippen molar-refractivity contribution >= 4 is 0 Å². The number of hydrogen-bond acceptors (Lipinski definition) is 3. The molecule has 3 rings (SSSR count). The molecule has 0 amide bonds. The quantitative estimate of drug-likeness (QED) is 0.869. The van der Waals surface area contributed by atoms with E-state index in [0.29, 0.717) is 5.82 Å². The van der Waals surface area contributed by atoms with Gasteiger partial charge in [-0.25, -0.2) is 13.2 Å². The highest BCUT2D eigenvalue weighted by atomic mass is 19.2. The lowest BCUT2D eigenvalue weighted by molar-refractivity contribution is 0.265. The molecule has 0 saturated heterocycles. The molecule has 1 fully saturated rings. The summed E-state index contributed by atoms with van der Waals surface area (Å²) in [7, 11) is 0. The molecule has 1 aliphatic carbocycles. The smallest absolute Gasteiger partial charge is 0.194 e. The minimum Gasteiger partial charge on any atom is -0.388 e. The molecule has 1 aliphatic rings. The Morgan fingerprint density at radius 3 is 2.32 bits per heavy atom. The van der Waals surface area contributed by atoms with Crippen LogP contribution in [0.2, 0.25) is 0 Å². The van der Waals surface area contributed by atoms with E-state index in [1.807, 2.05) is 0 Å². The fourth-order valence-electron chi connectivity index (χ4n) is 2.03. The zero-order chi connectivity index (χ0) is 13.6. The van der Waals surface area contributed by atoms with Crippen LogP contribution in [-0.4, -0.2) is 19.9 Å². The average molecular weight is 269 g/mol. The minimum atomic E-state index is -1.51. The molecule has 0 bridgehead atoms. The third-order valence-electron chi connectivity index (χ3n) is 3.06. The molecule has 0 aliphatic heterocycles. The highest BCUT2D eigenvalue weighted by Gasteiger charge is 2.30. The van der Waals surface area contributed by atoms with Crippen molar-refractivity contribution in [3.8, 4) is 11.4 Å². The lowest BCUT2D eigenvalue weighted by atomic mass is 10.2. The Hall–Kier alpha value is -1.89. The van der Waals surface area contributed by atoms with Gasteiger partial charge in [0.2, 0.25) is 0 Å². The van der Waals surface area contributed by atoms with Crippen LogP contribution in [0.1, 0.15) is 24.7 Å². The lowest BCUT2D eigenvalue weighted by Gasteiger charge is -2.08. The van der Waals surface area contributed by atoms with Crippen molar-refractivity contribution in [2.24, 2.45) is 0 Å². The third-order valence-corrected chi connectivity index (χ3v) is 3.06. The Morgan fingerprint density at radius 2 is 1.79 bits per heavy atom. The molecular weight excluding hydrogens is 259 g/mol. The lowest BCUT2D eigenvalue weighted by Crippen LogP contribution is -2.04. The summed E-state index contributed by atoms with van der Waals surface area (Å²) in [6.45, 7) is -0.310. The van der Waals surface area contributed by atoms with Gasteiger partial charge in [-0.05, 0) is 25.0 Å². The van der Waals surface area contributed by atoms with E-state index in [0.717, 1.165) is 25.0 Å². The van der Waals surface area contributed by atoms with Crippen molar-refractivity contribution < 1.29 is 18.3 Å². The summed E-state index contributed by atoms with van der Waals surface area (Å²) >= 11 is 0. The molecule has 1 aromatic carbocycles. The van der Waals surface area contributed by atoms with E-state index in [9.17, 15) is 18.3 Å². The van der Waals surface area contributed by atoms with Crippen molar-refractivity contribution in [1.29, 1.82) is 0 Å². The van der Waals surface area contributed by atoms with Crippen molar-refractivity contribution in [1.82, 2.24) is 14.8 Å². The fraction of sp³-hybridized carbons (Fsp3) is 0.333. The summed E-state index contributed by atoms with van der Waals surface area (Å²) in [5, 5.41) is 16.8. The van der Waals surface area contributed by atoms with Gasteiger partial charge < -0.3 is 9.67 Å². The van der Waals surface area contributed by atoms with Crippen molar-refractivity contribution in [2.45, 2.75) is 25.5 Å². The highest BCUT2D eigenvalue weighted by Crippen LogP contribution is 2.39. The zero-order valence-corrected chi connectivity index (χ0v) is 9.78. The molecule has 0 atom stereocenters. The maximum atomic E-state index is 13.2. The number of hydrogen-bond donors (Lipinski definition) is 1. The third kappa shape index (κ3) is 1.99. The van der Waals surface area contributed by atoms with Gasteiger partial charge in [0.15, 0.2) is 29.1 Å². The summed E-state index contributed by atoms with van der Waals surface area (Å²) in [4.78, 5) is 0. The first kappa shape index (κ1) is 12.2. The van der Waals surface area contributed by atoms with Gasteiger partial charge in [0.25, 0.3) is 0 Å². The number of rotatable bonds is 3. The molecule has 19 heavy (non-hydrogen) atoms. The predicted molar refractivity (Wildman–Crippen MR) is 59.5 cm³/mol. The second-order valence-electron chi connectivity index (χ2n) is 4.45. The van der Waals surface area contributed by atoms with Crippen LogP contribution in [0.5, 0.6) is 0 Å². The van der Waals surface area contributed by atoms with Crippen molar-refractivity contribution in [3.63, 3.8) is 0 Å². The fourth-order valence-corrected chi connectivity index (χ4v) is 2.03. The molecule has 1 heterocycles. The number of nitrogens with zero attached hydrogens (tertiary/aromatic N) is 3. The van der Waals surface area contributed by atoms with Gasteiger partial charge >= 0.3 is 0 Å². The molecule has 1 saturated carbocycles. The first-order chi connectivity index (χ1) is 9.11. The number of aliphatic hydroxyl groups excluding tert-OH is 1. The number of halogens is 3. The Morgan fingerprint density at radius 1 is 1.16 bits per heavy atom. The van der Waals surface area contributed by atoms with Crippen molar-refractivity contribution in [2.75, 3.05) is 0 Å². The minimum absolute atomic E-state index is 0.107. The van der Waals surface area contributed by atoms with Crippen LogP contribution < -0.4 is 0 Å². The molecule has 4 nitrogen and oxygen atoms in total. The van der Waals surface area contributed by atoms with E-state index in [1.165, 1.54) is 0 Å². The largest absolute Gasteiger partial charge is 0.388 e. The molecule has 1 aromatic heterocycles. The Labute approximate surface area is 106 Å². The van der Waals surface area contributed by atoms with Gasteiger partial charge in [0.05, 0.1) is 0 Å². The number of aromatic nitrogens is 3. The van der Waals surface area contributed by atoms with Gasteiger partial charge in [-0.3, -0.25) is 0 Å². The van der Waals surface area contributed by atoms with E-state index in [-0.39, 0.29) is 24.0 Å². The van der Waals surface area contributed by atoms with Crippen LogP contribution in [0, 0.1) is 17.5 Å². The van der Waals surface area contributed by atoms with Gasteiger partial charge in [-0.15, -0.1) is 10.2 Å². The second kappa shape index (κ2) is 4.34. The Balaban J connectivity index is 2.14. The highest BCUT2D eigenvalue weighted by molar-refractivity contribution is 5.56. The van der Waals surface area contributed by atoms with Gasteiger partial charge in [-0.1, -0.05) is 0 Å². The molecule has 1 N–H and O–H groups in total. The van der Waals surface area contributed by atoms with E-state index in [1.54, 1.807) is 4.57 Å². The molecule has 7 heteroatoms. The topological polar surface area (TPSA) is 50.9 Å². The summed E-state index contributed by atoms with van der Waals surface area (Å²) < 4.78 is 41.1. The van der Waals surface area contributed by atoms with Crippen LogP contribution in [0.3, 0.4) is 0 Å². The van der Waals surface area contributed by atoms with Crippen LogP contribution in [0.25, 0.3) is 11.4 Å². The first-order valence-electron chi connectivity index (χ1n) is 5.81. The van der Waals surface area contributed by atoms with Crippen LogP contribution in [-0.2, 0) is 6.61 Å². The normalized spacial score (nSPS) is 14.9. The molecule has 0 radical (unpaired) electrons. The SMILES string of the molecule is OCc1nnc(-c2cc(F)c(F)c(F)c2)n1C1CC1. The number of benzene rings is 1. The molecule has 0 spiro atoms. The van der Waals surface area contributed by atoms with E-state index in [2.05, 4.69) is 10.2 Å². The molecule has 0 unspecified atom stereocenters. The van der Waals surface area contributed by atoms with E-state index >= 15 is 0 Å². The van der Waals surface area contributed by atoms with E-state index < -0.39 is 17.5 Å². The van der Waals surface area contributed by atoms with Gasteiger partial charge in [0, 0.05) is 11.6 Å². The summed E-state index contributed by atoms with van der Waals surface area (Å²) in [6.07, 6.45) is 1.79. The first-order valence-corrected chi connectivity index (χ1v) is 5.81. The Bertz CT molecular complexity index is 614. The molecular formula is C12H10F3N3O. The molecule has 100 valence electrons. The maximum Gasteiger partial charge on any atom is 0.194 e. The number of aliphatic hydroxyl groups is 1. The van der Waals surface area contributed by atoms with Gasteiger partial charge in [0.1, 0.15) is 6.61 Å². The summed E-state index contributed by atoms with van der Waals surface area (Å²) in [5.41, 5.74) is 0.107. The van der Waals surface area contributed by atoms with Gasteiger partial charge in [-0.2, -0.15) is 0 Å². The Kier molecular flexibility index (Phi) is 2.78. The monoisotopic (exact) mass is 269 g/mol. The van der Waals surface area contributed by atoms with E-state index in [4.69, 9.17) is 0 Å².